The minimum Gasteiger partial charge on any atom is -0.378 e. The SMILES string of the molecule is O=C(C1COCCN1)N1CCN(Cc2cccc3ccccc23)CC1. The first-order chi connectivity index (χ1) is 12.3. The van der Waals surface area contributed by atoms with E-state index in [-0.39, 0.29) is 11.9 Å². The summed E-state index contributed by atoms with van der Waals surface area (Å²) in [5, 5.41) is 5.87. The average Bonchev–Trinajstić information content (AvgIpc) is 2.69. The van der Waals surface area contributed by atoms with E-state index in [1.807, 2.05) is 4.90 Å². The predicted molar refractivity (Wildman–Crippen MR) is 98.4 cm³/mol. The molecule has 1 amide bonds. The van der Waals surface area contributed by atoms with Crippen LogP contribution in [0.25, 0.3) is 10.8 Å². The van der Waals surface area contributed by atoms with Crippen LogP contribution in [-0.4, -0.2) is 67.7 Å². The van der Waals surface area contributed by atoms with E-state index in [9.17, 15) is 4.79 Å². The Morgan fingerprint density at radius 3 is 2.68 bits per heavy atom. The highest BCUT2D eigenvalue weighted by Gasteiger charge is 2.28. The van der Waals surface area contributed by atoms with Crippen molar-refractivity contribution in [1.82, 2.24) is 15.1 Å². The number of carbonyl (C=O) groups excluding carboxylic acids is 1. The van der Waals surface area contributed by atoms with Crippen LogP contribution in [0, 0.1) is 0 Å². The Labute approximate surface area is 148 Å². The van der Waals surface area contributed by atoms with Crippen LogP contribution in [-0.2, 0) is 16.1 Å². The average molecular weight is 339 g/mol. The van der Waals surface area contributed by atoms with Crippen molar-refractivity contribution in [1.29, 1.82) is 0 Å². The first-order valence-electron chi connectivity index (χ1n) is 9.10. The Morgan fingerprint density at radius 1 is 1.08 bits per heavy atom. The third-order valence-corrected chi connectivity index (χ3v) is 5.18. The number of carbonyl (C=O) groups is 1. The fraction of sp³-hybridized carbons (Fsp3) is 0.450. The predicted octanol–water partition coefficient (Wildman–Crippen LogP) is 1.47. The van der Waals surface area contributed by atoms with E-state index in [0.717, 1.165) is 39.3 Å². The summed E-state index contributed by atoms with van der Waals surface area (Å²) in [7, 11) is 0. The van der Waals surface area contributed by atoms with Crippen LogP contribution in [0.5, 0.6) is 0 Å². The zero-order valence-corrected chi connectivity index (χ0v) is 14.5. The Kier molecular flexibility index (Phi) is 4.97. The highest BCUT2D eigenvalue weighted by atomic mass is 16.5. The molecule has 2 aromatic rings. The Bertz CT molecular complexity index is 729. The van der Waals surface area contributed by atoms with Gasteiger partial charge < -0.3 is 15.0 Å². The molecule has 0 saturated carbocycles. The van der Waals surface area contributed by atoms with Crippen LogP contribution in [0.3, 0.4) is 0 Å². The van der Waals surface area contributed by atoms with Crippen LogP contribution >= 0.6 is 0 Å². The van der Waals surface area contributed by atoms with E-state index in [1.54, 1.807) is 0 Å². The maximum absolute atomic E-state index is 12.6. The molecule has 2 saturated heterocycles. The maximum atomic E-state index is 12.6. The van der Waals surface area contributed by atoms with E-state index in [1.165, 1.54) is 16.3 Å². The molecule has 0 radical (unpaired) electrons. The number of fused-ring (bicyclic) bond motifs is 1. The van der Waals surface area contributed by atoms with Crippen molar-refractivity contribution in [3.63, 3.8) is 0 Å². The van der Waals surface area contributed by atoms with E-state index in [2.05, 4.69) is 52.7 Å². The molecule has 0 aromatic heterocycles. The van der Waals surface area contributed by atoms with Gasteiger partial charge in [-0.2, -0.15) is 0 Å². The molecule has 2 aliphatic rings. The van der Waals surface area contributed by atoms with Crippen LogP contribution in [0.15, 0.2) is 42.5 Å². The minimum atomic E-state index is -0.168. The van der Waals surface area contributed by atoms with Crippen molar-refractivity contribution in [2.45, 2.75) is 12.6 Å². The molecule has 1 atom stereocenters. The molecule has 5 heteroatoms. The zero-order valence-electron chi connectivity index (χ0n) is 14.5. The summed E-state index contributed by atoms with van der Waals surface area (Å²) < 4.78 is 5.41. The van der Waals surface area contributed by atoms with Crippen molar-refractivity contribution in [3.05, 3.63) is 48.0 Å². The lowest BCUT2D eigenvalue weighted by molar-refractivity contribution is -0.138. The zero-order chi connectivity index (χ0) is 17.1. The molecule has 0 spiro atoms. The molecule has 2 aromatic carbocycles. The molecule has 2 aliphatic heterocycles. The van der Waals surface area contributed by atoms with Gasteiger partial charge in [0.1, 0.15) is 6.04 Å². The number of morpholine rings is 1. The molecule has 25 heavy (non-hydrogen) atoms. The number of nitrogens with zero attached hydrogens (tertiary/aromatic N) is 2. The number of nitrogens with one attached hydrogen (secondary N) is 1. The van der Waals surface area contributed by atoms with E-state index in [4.69, 9.17) is 4.74 Å². The molecular weight excluding hydrogens is 314 g/mol. The van der Waals surface area contributed by atoms with Gasteiger partial charge in [0, 0.05) is 39.3 Å². The molecule has 4 rings (SSSR count). The molecule has 5 nitrogen and oxygen atoms in total. The maximum Gasteiger partial charge on any atom is 0.242 e. The van der Waals surface area contributed by atoms with Gasteiger partial charge in [0.25, 0.3) is 0 Å². The molecule has 0 aliphatic carbocycles. The molecule has 132 valence electrons. The van der Waals surface area contributed by atoms with Gasteiger partial charge in [-0.25, -0.2) is 0 Å². The second-order valence-corrected chi connectivity index (χ2v) is 6.82. The van der Waals surface area contributed by atoms with Gasteiger partial charge >= 0.3 is 0 Å². The van der Waals surface area contributed by atoms with E-state index < -0.39 is 0 Å². The van der Waals surface area contributed by atoms with Crippen molar-refractivity contribution >= 4 is 16.7 Å². The largest absolute Gasteiger partial charge is 0.378 e. The van der Waals surface area contributed by atoms with Crippen molar-refractivity contribution in [2.24, 2.45) is 0 Å². The third kappa shape index (κ3) is 3.68. The number of benzene rings is 2. The smallest absolute Gasteiger partial charge is 0.242 e. The Hall–Kier alpha value is -1.95. The van der Waals surface area contributed by atoms with Crippen molar-refractivity contribution in [2.75, 3.05) is 45.9 Å². The van der Waals surface area contributed by atoms with Crippen LogP contribution in [0.1, 0.15) is 5.56 Å². The van der Waals surface area contributed by atoms with E-state index in [0.29, 0.717) is 13.2 Å². The highest BCUT2D eigenvalue weighted by Crippen LogP contribution is 2.20. The van der Waals surface area contributed by atoms with Gasteiger partial charge in [0.15, 0.2) is 0 Å². The van der Waals surface area contributed by atoms with Crippen LogP contribution < -0.4 is 5.32 Å². The molecule has 2 heterocycles. The van der Waals surface area contributed by atoms with Crippen LogP contribution in [0.4, 0.5) is 0 Å². The van der Waals surface area contributed by atoms with Gasteiger partial charge in [-0.1, -0.05) is 42.5 Å². The number of ether oxygens (including phenoxy) is 1. The number of hydrogen-bond acceptors (Lipinski definition) is 4. The molecule has 0 bridgehead atoms. The first-order valence-corrected chi connectivity index (χ1v) is 9.10. The first kappa shape index (κ1) is 16.5. The molecule has 2 fully saturated rings. The molecule has 1 N–H and O–H groups in total. The Morgan fingerprint density at radius 2 is 1.88 bits per heavy atom. The van der Waals surface area contributed by atoms with Gasteiger partial charge in [-0.3, -0.25) is 9.69 Å². The Balaban J connectivity index is 1.36. The number of amides is 1. The second-order valence-electron chi connectivity index (χ2n) is 6.82. The van der Waals surface area contributed by atoms with E-state index >= 15 is 0 Å². The lowest BCUT2D eigenvalue weighted by atomic mass is 10.0. The second kappa shape index (κ2) is 7.52. The third-order valence-electron chi connectivity index (χ3n) is 5.18. The number of piperazine rings is 1. The molecule has 1 unspecified atom stereocenters. The van der Waals surface area contributed by atoms with Crippen LogP contribution in [0.2, 0.25) is 0 Å². The normalized spacial score (nSPS) is 22.2. The summed E-state index contributed by atoms with van der Waals surface area (Å²) in [5.41, 5.74) is 1.36. The quantitative estimate of drug-likeness (QED) is 0.920. The van der Waals surface area contributed by atoms with Gasteiger partial charge in [0.05, 0.1) is 13.2 Å². The molecular formula is C20H25N3O2. The fourth-order valence-electron chi connectivity index (χ4n) is 3.74. The van der Waals surface area contributed by atoms with Crippen molar-refractivity contribution < 1.29 is 9.53 Å². The standard InChI is InChI=1S/C20H25N3O2/c24-20(19-15-25-13-8-21-19)23-11-9-22(10-12-23)14-17-6-3-5-16-4-1-2-7-18(16)17/h1-7,19,21H,8-15H2. The lowest BCUT2D eigenvalue weighted by Crippen LogP contribution is -2.57. The van der Waals surface area contributed by atoms with Gasteiger partial charge in [0.2, 0.25) is 5.91 Å². The fourth-order valence-corrected chi connectivity index (χ4v) is 3.74. The topological polar surface area (TPSA) is 44.8 Å². The lowest BCUT2D eigenvalue weighted by Gasteiger charge is -2.37. The van der Waals surface area contributed by atoms with Gasteiger partial charge in [-0.15, -0.1) is 0 Å². The summed E-state index contributed by atoms with van der Waals surface area (Å²) in [6.45, 7) is 6.32. The monoisotopic (exact) mass is 339 g/mol. The number of rotatable bonds is 3. The summed E-state index contributed by atoms with van der Waals surface area (Å²) in [4.78, 5) is 17.0. The summed E-state index contributed by atoms with van der Waals surface area (Å²) in [6, 6.07) is 14.9. The summed E-state index contributed by atoms with van der Waals surface area (Å²) in [6.07, 6.45) is 0. The summed E-state index contributed by atoms with van der Waals surface area (Å²) >= 11 is 0. The number of hydrogen-bond donors (Lipinski definition) is 1. The van der Waals surface area contributed by atoms with Crippen molar-refractivity contribution in [3.8, 4) is 0 Å². The summed E-state index contributed by atoms with van der Waals surface area (Å²) in [5.74, 6) is 0.185. The highest BCUT2D eigenvalue weighted by molar-refractivity contribution is 5.85. The van der Waals surface area contributed by atoms with Gasteiger partial charge in [-0.05, 0) is 16.3 Å². The minimum absolute atomic E-state index is 0.168.